The Morgan fingerprint density at radius 2 is 2.19 bits per heavy atom. The largest absolute Gasteiger partial charge is 0.477 e. The number of benzene rings is 1. The maximum absolute atomic E-state index is 11.4. The molecule has 2 rings (SSSR count). The van der Waals surface area contributed by atoms with Crippen molar-refractivity contribution in [3.05, 3.63) is 45.7 Å². The zero-order chi connectivity index (χ0) is 15.4. The quantitative estimate of drug-likeness (QED) is 0.464. The molecule has 0 aliphatic heterocycles. The fourth-order valence-electron chi connectivity index (χ4n) is 1.56. The molecule has 0 aliphatic rings. The van der Waals surface area contributed by atoms with Crippen molar-refractivity contribution < 1.29 is 23.6 Å². The molecule has 0 bridgehead atoms. The summed E-state index contributed by atoms with van der Waals surface area (Å²) >= 11 is 0. The van der Waals surface area contributed by atoms with Crippen molar-refractivity contribution in [2.75, 3.05) is 7.11 Å². The molecule has 0 spiro atoms. The molecular weight excluding hydrogens is 282 g/mol. The highest BCUT2D eigenvalue weighted by Gasteiger charge is 2.19. The lowest BCUT2D eigenvalue weighted by Gasteiger charge is -2.05. The van der Waals surface area contributed by atoms with Crippen molar-refractivity contribution in [2.24, 2.45) is 0 Å². The first-order valence-corrected chi connectivity index (χ1v) is 5.80. The summed E-state index contributed by atoms with van der Waals surface area (Å²) in [4.78, 5) is 21.7. The van der Waals surface area contributed by atoms with Gasteiger partial charge in [-0.3, -0.25) is 10.1 Å². The molecule has 21 heavy (non-hydrogen) atoms. The molecular formula is C12H11N3O6. The van der Waals surface area contributed by atoms with Crippen LogP contribution >= 0.6 is 0 Å². The maximum atomic E-state index is 11.4. The lowest BCUT2D eigenvalue weighted by Crippen LogP contribution is -2.04. The fraction of sp³-hybridized carbons (Fsp3) is 0.250. The van der Waals surface area contributed by atoms with Crippen LogP contribution in [0.1, 0.15) is 22.1 Å². The third-order valence-electron chi connectivity index (χ3n) is 2.50. The van der Waals surface area contributed by atoms with Crippen molar-refractivity contribution in [3.8, 4) is 5.75 Å². The average Bonchev–Trinajstić information content (AvgIpc) is 2.89. The minimum atomic E-state index is -0.669. The second-order valence-electron chi connectivity index (χ2n) is 3.93. The van der Waals surface area contributed by atoms with E-state index in [4.69, 9.17) is 9.15 Å². The molecule has 1 aromatic carbocycles. The number of nitrogens with zero attached hydrogens (tertiary/aromatic N) is 3. The van der Waals surface area contributed by atoms with E-state index in [-0.39, 0.29) is 29.5 Å². The minimum Gasteiger partial charge on any atom is -0.477 e. The van der Waals surface area contributed by atoms with Gasteiger partial charge >= 0.3 is 11.7 Å². The van der Waals surface area contributed by atoms with Gasteiger partial charge in [0.05, 0.1) is 17.6 Å². The SMILES string of the molecule is COC(=O)c1ccc(OCc2nnc(C)o2)c([N+](=O)[O-])c1. The Bertz CT molecular complexity index is 681. The van der Waals surface area contributed by atoms with Gasteiger partial charge in [0, 0.05) is 13.0 Å². The Balaban J connectivity index is 2.22. The summed E-state index contributed by atoms with van der Waals surface area (Å²) in [5, 5.41) is 18.3. The van der Waals surface area contributed by atoms with Crippen LogP contribution in [0, 0.1) is 17.0 Å². The van der Waals surface area contributed by atoms with E-state index < -0.39 is 10.9 Å². The Kier molecular flexibility index (Phi) is 4.12. The van der Waals surface area contributed by atoms with Crippen molar-refractivity contribution in [3.63, 3.8) is 0 Å². The number of aromatic nitrogens is 2. The van der Waals surface area contributed by atoms with E-state index in [0.717, 1.165) is 6.07 Å². The predicted octanol–water partition coefficient (Wildman–Crippen LogP) is 1.65. The van der Waals surface area contributed by atoms with Gasteiger partial charge in [0.2, 0.25) is 5.89 Å². The number of hydrogen-bond donors (Lipinski definition) is 0. The van der Waals surface area contributed by atoms with Gasteiger partial charge in [-0.1, -0.05) is 0 Å². The lowest BCUT2D eigenvalue weighted by molar-refractivity contribution is -0.386. The van der Waals surface area contributed by atoms with Crippen LogP contribution in [0.15, 0.2) is 22.6 Å². The summed E-state index contributed by atoms with van der Waals surface area (Å²) in [6.45, 7) is 1.50. The van der Waals surface area contributed by atoms with Crippen LogP contribution in [0.3, 0.4) is 0 Å². The van der Waals surface area contributed by atoms with E-state index in [0.29, 0.717) is 5.89 Å². The summed E-state index contributed by atoms with van der Waals surface area (Å²) in [6.07, 6.45) is 0. The second kappa shape index (κ2) is 5.99. The molecule has 0 N–H and O–H groups in total. The minimum absolute atomic E-state index is 0.0106. The molecule has 0 aliphatic carbocycles. The molecule has 0 unspecified atom stereocenters. The van der Waals surface area contributed by atoms with Crippen molar-refractivity contribution >= 4 is 11.7 Å². The Labute approximate surface area is 118 Å². The summed E-state index contributed by atoms with van der Waals surface area (Å²) in [7, 11) is 1.19. The number of esters is 1. The molecule has 110 valence electrons. The van der Waals surface area contributed by atoms with Crippen LogP contribution in [0.4, 0.5) is 5.69 Å². The van der Waals surface area contributed by atoms with Crippen molar-refractivity contribution in [1.82, 2.24) is 10.2 Å². The van der Waals surface area contributed by atoms with Crippen LogP contribution in [-0.2, 0) is 11.3 Å². The Morgan fingerprint density at radius 3 is 2.76 bits per heavy atom. The molecule has 0 saturated carbocycles. The normalized spacial score (nSPS) is 10.2. The molecule has 0 saturated heterocycles. The number of hydrogen-bond acceptors (Lipinski definition) is 8. The zero-order valence-corrected chi connectivity index (χ0v) is 11.2. The van der Waals surface area contributed by atoms with Gasteiger partial charge in [-0.2, -0.15) is 0 Å². The standard InChI is InChI=1S/C12H11N3O6/c1-7-13-14-11(21-7)6-20-10-4-3-8(12(16)19-2)5-9(10)15(17)18/h3-5H,6H2,1-2H3. The van der Waals surface area contributed by atoms with Crippen molar-refractivity contribution in [1.29, 1.82) is 0 Å². The monoisotopic (exact) mass is 293 g/mol. The number of nitro benzene ring substituents is 1. The van der Waals surface area contributed by atoms with Crippen molar-refractivity contribution in [2.45, 2.75) is 13.5 Å². The highest BCUT2D eigenvalue weighted by Crippen LogP contribution is 2.28. The number of carbonyl (C=O) groups excluding carboxylic acids is 1. The Morgan fingerprint density at radius 1 is 1.43 bits per heavy atom. The van der Waals surface area contributed by atoms with Crippen LogP contribution in [-0.4, -0.2) is 28.2 Å². The van der Waals surface area contributed by atoms with Gasteiger partial charge < -0.3 is 13.9 Å². The van der Waals surface area contributed by atoms with E-state index in [1.165, 1.54) is 19.2 Å². The van der Waals surface area contributed by atoms with Crippen LogP contribution in [0.2, 0.25) is 0 Å². The molecule has 2 aromatic rings. The summed E-state index contributed by atoms with van der Waals surface area (Å²) in [5.41, 5.74) is -0.292. The first-order chi connectivity index (χ1) is 10.0. The van der Waals surface area contributed by atoms with Crippen LogP contribution < -0.4 is 4.74 Å². The summed E-state index contributed by atoms with van der Waals surface area (Å²) in [5.74, 6) is -0.122. The first-order valence-electron chi connectivity index (χ1n) is 5.80. The van der Waals surface area contributed by atoms with Crippen LogP contribution in [0.25, 0.3) is 0 Å². The maximum Gasteiger partial charge on any atom is 0.338 e. The molecule has 1 aromatic heterocycles. The third kappa shape index (κ3) is 3.32. The second-order valence-corrected chi connectivity index (χ2v) is 3.93. The highest BCUT2D eigenvalue weighted by molar-refractivity contribution is 5.90. The topological polar surface area (TPSA) is 118 Å². The molecule has 1 heterocycles. The first kappa shape index (κ1) is 14.4. The zero-order valence-electron chi connectivity index (χ0n) is 11.2. The van der Waals surface area contributed by atoms with Gasteiger partial charge in [-0.25, -0.2) is 4.79 Å². The molecule has 0 fully saturated rings. The number of aryl methyl sites for hydroxylation is 1. The van der Waals surface area contributed by atoms with Gasteiger partial charge in [-0.05, 0) is 12.1 Å². The van der Waals surface area contributed by atoms with Gasteiger partial charge in [-0.15, -0.1) is 10.2 Å². The number of ether oxygens (including phenoxy) is 2. The van der Waals surface area contributed by atoms with Gasteiger partial charge in [0.15, 0.2) is 12.4 Å². The van der Waals surface area contributed by atoms with E-state index in [1.54, 1.807) is 6.92 Å². The third-order valence-corrected chi connectivity index (χ3v) is 2.50. The van der Waals surface area contributed by atoms with E-state index in [1.807, 2.05) is 0 Å². The summed E-state index contributed by atoms with van der Waals surface area (Å²) < 4.78 is 14.9. The van der Waals surface area contributed by atoms with Gasteiger partial charge in [0.25, 0.3) is 5.89 Å². The lowest BCUT2D eigenvalue weighted by atomic mass is 10.2. The molecule has 9 nitrogen and oxygen atoms in total. The molecule has 0 radical (unpaired) electrons. The molecule has 0 atom stereocenters. The smallest absolute Gasteiger partial charge is 0.338 e. The number of nitro groups is 1. The number of rotatable bonds is 5. The molecule has 9 heteroatoms. The molecule has 0 amide bonds. The Hall–Kier alpha value is -2.97. The fourth-order valence-corrected chi connectivity index (χ4v) is 1.56. The summed E-state index contributed by atoms with van der Waals surface area (Å²) in [6, 6.07) is 3.76. The predicted molar refractivity (Wildman–Crippen MR) is 67.8 cm³/mol. The number of methoxy groups -OCH3 is 1. The van der Waals surface area contributed by atoms with Crippen LogP contribution in [0.5, 0.6) is 5.75 Å². The number of carbonyl (C=O) groups is 1. The highest BCUT2D eigenvalue weighted by atomic mass is 16.6. The average molecular weight is 293 g/mol. The van der Waals surface area contributed by atoms with E-state index >= 15 is 0 Å². The van der Waals surface area contributed by atoms with Gasteiger partial charge in [0.1, 0.15) is 0 Å². The van der Waals surface area contributed by atoms with E-state index in [2.05, 4.69) is 14.9 Å². The van der Waals surface area contributed by atoms with E-state index in [9.17, 15) is 14.9 Å².